The van der Waals surface area contributed by atoms with Gasteiger partial charge in [0.15, 0.2) is 0 Å². The first-order valence-electron chi connectivity index (χ1n) is 6.96. The molecule has 0 aliphatic heterocycles. The van der Waals surface area contributed by atoms with Gasteiger partial charge in [-0.2, -0.15) is 0 Å². The monoisotopic (exact) mass is 294 g/mol. The van der Waals surface area contributed by atoms with Crippen molar-refractivity contribution in [3.8, 4) is 0 Å². The van der Waals surface area contributed by atoms with Crippen LogP contribution >= 0.6 is 0 Å². The number of anilines is 1. The molecule has 2 amide bonds. The largest absolute Gasteiger partial charge is 0.396 e. The van der Waals surface area contributed by atoms with Crippen molar-refractivity contribution in [1.82, 2.24) is 5.32 Å². The van der Waals surface area contributed by atoms with Gasteiger partial charge in [-0.25, -0.2) is 0 Å². The summed E-state index contributed by atoms with van der Waals surface area (Å²) < 4.78 is 4.87. The van der Waals surface area contributed by atoms with Crippen molar-refractivity contribution in [1.29, 1.82) is 0 Å². The van der Waals surface area contributed by atoms with Crippen LogP contribution in [0.5, 0.6) is 0 Å². The van der Waals surface area contributed by atoms with E-state index >= 15 is 0 Å². The van der Waals surface area contributed by atoms with Crippen LogP contribution in [0.15, 0.2) is 24.3 Å². The molecule has 0 fully saturated rings. The lowest BCUT2D eigenvalue weighted by Gasteiger charge is -2.11. The molecule has 0 saturated heterocycles. The molecule has 1 aromatic carbocycles. The zero-order valence-electron chi connectivity index (χ0n) is 12.2. The van der Waals surface area contributed by atoms with E-state index in [0.29, 0.717) is 43.7 Å². The Labute approximate surface area is 124 Å². The van der Waals surface area contributed by atoms with E-state index in [9.17, 15) is 9.59 Å². The van der Waals surface area contributed by atoms with Gasteiger partial charge in [0.1, 0.15) is 0 Å². The van der Waals surface area contributed by atoms with Crippen LogP contribution in [0.1, 0.15) is 29.6 Å². The molecule has 0 atom stereocenters. The number of ether oxygens (including phenoxy) is 1. The highest BCUT2D eigenvalue weighted by atomic mass is 16.5. The second-order valence-corrected chi connectivity index (χ2v) is 4.52. The first kappa shape index (κ1) is 17.1. The Bertz CT molecular complexity index is 463. The first-order chi connectivity index (χ1) is 10.2. The molecule has 21 heavy (non-hydrogen) atoms. The first-order valence-corrected chi connectivity index (χ1v) is 6.96. The van der Waals surface area contributed by atoms with Crippen molar-refractivity contribution in [2.75, 3.05) is 32.2 Å². The predicted octanol–water partition coefficient (Wildman–Crippen LogP) is 1.16. The number of amides is 2. The minimum Gasteiger partial charge on any atom is -0.396 e. The fourth-order valence-corrected chi connectivity index (χ4v) is 1.76. The zero-order chi connectivity index (χ0) is 15.5. The van der Waals surface area contributed by atoms with E-state index in [4.69, 9.17) is 9.84 Å². The molecule has 0 aliphatic carbocycles. The Morgan fingerprint density at radius 3 is 2.71 bits per heavy atom. The molecule has 0 unspecified atom stereocenters. The van der Waals surface area contributed by atoms with E-state index in [-0.39, 0.29) is 18.4 Å². The SMILES string of the molecule is COCCNC(=O)c1ccccc1NC(=O)CCCCO. The Balaban J connectivity index is 2.61. The Morgan fingerprint density at radius 1 is 1.24 bits per heavy atom. The summed E-state index contributed by atoms with van der Waals surface area (Å²) in [6.45, 7) is 0.918. The number of hydrogen-bond acceptors (Lipinski definition) is 4. The Morgan fingerprint density at radius 2 is 2.00 bits per heavy atom. The molecule has 1 rings (SSSR count). The molecule has 0 heterocycles. The van der Waals surface area contributed by atoms with Gasteiger partial charge in [0, 0.05) is 26.7 Å². The summed E-state index contributed by atoms with van der Waals surface area (Å²) in [6, 6.07) is 6.85. The lowest BCUT2D eigenvalue weighted by Crippen LogP contribution is -2.28. The van der Waals surface area contributed by atoms with Gasteiger partial charge in [-0.3, -0.25) is 9.59 Å². The van der Waals surface area contributed by atoms with E-state index in [2.05, 4.69) is 10.6 Å². The maximum atomic E-state index is 12.0. The van der Waals surface area contributed by atoms with Crippen molar-refractivity contribution in [2.24, 2.45) is 0 Å². The minimum atomic E-state index is -0.252. The third-order valence-corrected chi connectivity index (χ3v) is 2.85. The summed E-state index contributed by atoms with van der Waals surface area (Å²) in [5.74, 6) is -0.418. The van der Waals surface area contributed by atoms with Crippen LogP contribution in [-0.4, -0.2) is 43.8 Å². The second-order valence-electron chi connectivity index (χ2n) is 4.52. The number of nitrogens with one attached hydrogen (secondary N) is 2. The fraction of sp³-hybridized carbons (Fsp3) is 0.467. The van der Waals surface area contributed by atoms with Crippen LogP contribution in [0, 0.1) is 0 Å². The summed E-state index contributed by atoms with van der Waals surface area (Å²) >= 11 is 0. The number of rotatable bonds is 9. The lowest BCUT2D eigenvalue weighted by atomic mass is 10.1. The summed E-state index contributed by atoms with van der Waals surface area (Å²) in [7, 11) is 1.56. The van der Waals surface area contributed by atoms with E-state index < -0.39 is 0 Å². The lowest BCUT2D eigenvalue weighted by molar-refractivity contribution is -0.116. The van der Waals surface area contributed by atoms with E-state index in [1.165, 1.54) is 0 Å². The third kappa shape index (κ3) is 6.37. The van der Waals surface area contributed by atoms with Gasteiger partial charge < -0.3 is 20.5 Å². The highest BCUT2D eigenvalue weighted by Gasteiger charge is 2.12. The van der Waals surface area contributed by atoms with E-state index in [1.807, 2.05) is 0 Å². The molecule has 3 N–H and O–H groups in total. The molecule has 0 saturated carbocycles. The number of carbonyl (C=O) groups is 2. The highest BCUT2D eigenvalue weighted by Crippen LogP contribution is 2.15. The number of para-hydroxylation sites is 1. The van der Waals surface area contributed by atoms with Crippen LogP contribution in [-0.2, 0) is 9.53 Å². The van der Waals surface area contributed by atoms with Crippen molar-refractivity contribution in [3.05, 3.63) is 29.8 Å². The molecule has 6 nitrogen and oxygen atoms in total. The number of benzene rings is 1. The summed E-state index contributed by atoms with van der Waals surface area (Å²) in [4.78, 5) is 23.8. The van der Waals surface area contributed by atoms with Crippen molar-refractivity contribution >= 4 is 17.5 Å². The van der Waals surface area contributed by atoms with Crippen molar-refractivity contribution in [2.45, 2.75) is 19.3 Å². The van der Waals surface area contributed by atoms with Crippen LogP contribution in [0.3, 0.4) is 0 Å². The number of aliphatic hydroxyl groups is 1. The number of hydrogen-bond donors (Lipinski definition) is 3. The van der Waals surface area contributed by atoms with E-state index in [1.54, 1.807) is 31.4 Å². The number of aliphatic hydroxyl groups excluding tert-OH is 1. The molecular formula is C15H22N2O4. The average Bonchev–Trinajstić information content (AvgIpc) is 2.48. The number of methoxy groups -OCH3 is 1. The number of unbranched alkanes of at least 4 members (excludes halogenated alkanes) is 1. The van der Waals surface area contributed by atoms with Crippen LogP contribution < -0.4 is 10.6 Å². The quantitative estimate of drug-likeness (QED) is 0.596. The van der Waals surface area contributed by atoms with Gasteiger partial charge in [-0.15, -0.1) is 0 Å². The molecule has 1 aromatic rings. The molecule has 0 aliphatic rings. The Hall–Kier alpha value is -1.92. The Kier molecular flexibility index (Phi) is 8.08. The van der Waals surface area contributed by atoms with Gasteiger partial charge >= 0.3 is 0 Å². The normalized spacial score (nSPS) is 10.2. The van der Waals surface area contributed by atoms with Gasteiger partial charge in [0.2, 0.25) is 5.91 Å². The molecule has 0 radical (unpaired) electrons. The standard InChI is InChI=1S/C15H22N2O4/c1-21-11-9-16-15(20)12-6-2-3-7-13(12)17-14(19)8-4-5-10-18/h2-3,6-7,18H,4-5,8-11H2,1H3,(H,16,20)(H,17,19). The van der Waals surface area contributed by atoms with E-state index in [0.717, 1.165) is 0 Å². The molecule has 0 bridgehead atoms. The molecular weight excluding hydrogens is 272 g/mol. The molecule has 6 heteroatoms. The minimum absolute atomic E-state index is 0.0752. The summed E-state index contributed by atoms with van der Waals surface area (Å²) in [5.41, 5.74) is 0.908. The molecule has 116 valence electrons. The maximum Gasteiger partial charge on any atom is 0.253 e. The van der Waals surface area contributed by atoms with Gasteiger partial charge in [-0.1, -0.05) is 12.1 Å². The predicted molar refractivity (Wildman–Crippen MR) is 80.2 cm³/mol. The van der Waals surface area contributed by atoms with Gasteiger partial charge in [-0.05, 0) is 25.0 Å². The molecule has 0 spiro atoms. The summed E-state index contributed by atoms with van der Waals surface area (Å²) in [6.07, 6.45) is 1.53. The van der Waals surface area contributed by atoms with Gasteiger partial charge in [0.25, 0.3) is 5.91 Å². The van der Waals surface area contributed by atoms with Crippen LogP contribution in [0.2, 0.25) is 0 Å². The highest BCUT2D eigenvalue weighted by molar-refractivity contribution is 6.03. The fourth-order valence-electron chi connectivity index (χ4n) is 1.76. The topological polar surface area (TPSA) is 87.7 Å². The average molecular weight is 294 g/mol. The maximum absolute atomic E-state index is 12.0. The number of carbonyl (C=O) groups excluding carboxylic acids is 2. The van der Waals surface area contributed by atoms with Crippen molar-refractivity contribution < 1.29 is 19.4 Å². The van der Waals surface area contributed by atoms with Gasteiger partial charge in [0.05, 0.1) is 17.9 Å². The zero-order valence-corrected chi connectivity index (χ0v) is 12.2. The second kappa shape index (κ2) is 9.90. The van der Waals surface area contributed by atoms with Crippen molar-refractivity contribution in [3.63, 3.8) is 0 Å². The third-order valence-electron chi connectivity index (χ3n) is 2.85. The van der Waals surface area contributed by atoms with Crippen LogP contribution in [0.25, 0.3) is 0 Å². The summed E-state index contributed by atoms with van der Waals surface area (Å²) in [5, 5.41) is 14.1. The molecule has 0 aromatic heterocycles. The smallest absolute Gasteiger partial charge is 0.253 e. The van der Waals surface area contributed by atoms with Crippen LogP contribution in [0.4, 0.5) is 5.69 Å².